The van der Waals surface area contributed by atoms with Crippen molar-refractivity contribution in [3.8, 4) is 0 Å². The molecule has 2 heteroatoms. The first-order valence-electron chi connectivity index (χ1n) is 3.68. The van der Waals surface area contributed by atoms with E-state index in [0.717, 1.165) is 13.2 Å². The van der Waals surface area contributed by atoms with E-state index in [9.17, 15) is 0 Å². The molecule has 1 aromatic carbocycles. The van der Waals surface area contributed by atoms with Gasteiger partial charge in [0.15, 0.2) is 0 Å². The molecule has 0 aliphatic carbocycles. The average molecular weight is 165 g/mol. The molecule has 2 rings (SSSR count). The van der Waals surface area contributed by atoms with Gasteiger partial charge in [0.1, 0.15) is 0 Å². The van der Waals surface area contributed by atoms with E-state index in [1.54, 1.807) is 0 Å². The molecule has 1 saturated heterocycles. The van der Waals surface area contributed by atoms with Gasteiger partial charge in [-0.25, -0.2) is 0 Å². The highest BCUT2D eigenvalue weighted by molar-refractivity contribution is 5.45. The maximum Gasteiger partial charge on any atom is 0.0701 e. The summed E-state index contributed by atoms with van der Waals surface area (Å²) >= 11 is 0. The fraction of sp³-hybridized carbons (Fsp3) is 0.200. The summed E-state index contributed by atoms with van der Waals surface area (Å²) < 4.78 is 4.50. The lowest BCUT2D eigenvalue weighted by Gasteiger charge is -1.85. The highest BCUT2D eigenvalue weighted by Gasteiger charge is 1.94. The number of epoxide rings is 1. The van der Waals surface area contributed by atoms with Crippen molar-refractivity contribution in [3.05, 3.63) is 42.5 Å². The summed E-state index contributed by atoms with van der Waals surface area (Å²) in [6.45, 7) is 5.63. The molecule has 3 N–H and O–H groups in total. The fourth-order valence-corrected chi connectivity index (χ4v) is 0.589. The largest absolute Gasteiger partial charge is 0.377 e. The minimum Gasteiger partial charge on any atom is -0.377 e. The van der Waals surface area contributed by atoms with Crippen molar-refractivity contribution in [2.24, 2.45) is 0 Å². The van der Waals surface area contributed by atoms with Crippen LogP contribution in [0.5, 0.6) is 0 Å². The van der Waals surface area contributed by atoms with Crippen LogP contribution < -0.4 is 6.15 Å². The van der Waals surface area contributed by atoms with Crippen LogP contribution in [0.1, 0.15) is 5.56 Å². The summed E-state index contributed by atoms with van der Waals surface area (Å²) in [5.74, 6) is 0. The van der Waals surface area contributed by atoms with Gasteiger partial charge in [0.2, 0.25) is 0 Å². The number of hydrogen-bond donors (Lipinski definition) is 1. The van der Waals surface area contributed by atoms with Gasteiger partial charge in [-0.1, -0.05) is 43.0 Å². The van der Waals surface area contributed by atoms with E-state index in [-0.39, 0.29) is 6.15 Å². The third-order valence-electron chi connectivity index (χ3n) is 1.24. The van der Waals surface area contributed by atoms with E-state index in [1.807, 2.05) is 36.4 Å². The van der Waals surface area contributed by atoms with Crippen LogP contribution in [0.2, 0.25) is 0 Å². The summed E-state index contributed by atoms with van der Waals surface area (Å²) in [4.78, 5) is 0. The topological polar surface area (TPSA) is 47.5 Å². The minimum absolute atomic E-state index is 0. The van der Waals surface area contributed by atoms with Crippen molar-refractivity contribution in [1.29, 1.82) is 0 Å². The second-order valence-corrected chi connectivity index (χ2v) is 2.23. The van der Waals surface area contributed by atoms with Gasteiger partial charge in [-0.15, -0.1) is 0 Å². The molecular weight excluding hydrogens is 150 g/mol. The number of benzene rings is 1. The minimum atomic E-state index is 0. The Hall–Kier alpha value is -1.12. The van der Waals surface area contributed by atoms with Gasteiger partial charge in [0, 0.05) is 0 Å². The molecule has 0 atom stereocenters. The van der Waals surface area contributed by atoms with Gasteiger partial charge in [-0.2, -0.15) is 0 Å². The van der Waals surface area contributed by atoms with E-state index < -0.39 is 0 Å². The van der Waals surface area contributed by atoms with Crippen LogP contribution in [-0.2, 0) is 4.74 Å². The van der Waals surface area contributed by atoms with Crippen molar-refractivity contribution >= 4 is 6.08 Å². The van der Waals surface area contributed by atoms with E-state index in [2.05, 4.69) is 11.3 Å². The predicted molar refractivity (Wildman–Crippen MR) is 52.4 cm³/mol. The fourth-order valence-electron chi connectivity index (χ4n) is 0.589. The monoisotopic (exact) mass is 165 g/mol. The predicted octanol–water partition coefficient (Wildman–Crippen LogP) is 2.51. The molecule has 0 bridgehead atoms. The highest BCUT2D eigenvalue weighted by Crippen LogP contribution is 1.97. The first-order valence-corrected chi connectivity index (χ1v) is 3.68. The molecule has 2 nitrogen and oxygen atoms in total. The Balaban J connectivity index is 0.000000257. The normalized spacial score (nSPS) is 11.7. The van der Waals surface area contributed by atoms with Crippen LogP contribution in [0, 0.1) is 0 Å². The molecular formula is C10H15NO. The van der Waals surface area contributed by atoms with Crippen molar-refractivity contribution in [2.75, 3.05) is 13.2 Å². The number of rotatable bonds is 1. The van der Waals surface area contributed by atoms with Gasteiger partial charge in [-0.3, -0.25) is 0 Å². The SMILES string of the molecule is C1CO1.C=Cc1ccccc1.N. The summed E-state index contributed by atoms with van der Waals surface area (Å²) in [5, 5.41) is 0. The molecule has 0 amide bonds. The number of ether oxygens (including phenoxy) is 1. The zero-order valence-corrected chi connectivity index (χ0v) is 7.20. The van der Waals surface area contributed by atoms with E-state index in [1.165, 1.54) is 5.56 Å². The van der Waals surface area contributed by atoms with Crippen molar-refractivity contribution in [2.45, 2.75) is 0 Å². The molecule has 1 heterocycles. The summed E-state index contributed by atoms with van der Waals surface area (Å²) in [6, 6.07) is 10.0. The van der Waals surface area contributed by atoms with Crippen molar-refractivity contribution < 1.29 is 4.74 Å². The van der Waals surface area contributed by atoms with Crippen LogP contribution in [0.15, 0.2) is 36.9 Å². The third-order valence-corrected chi connectivity index (χ3v) is 1.24. The number of hydrogen-bond acceptors (Lipinski definition) is 2. The van der Waals surface area contributed by atoms with E-state index in [4.69, 9.17) is 0 Å². The Bertz CT molecular complexity index is 204. The summed E-state index contributed by atoms with van der Waals surface area (Å²) in [7, 11) is 0. The molecule has 0 radical (unpaired) electrons. The molecule has 0 saturated carbocycles. The highest BCUT2D eigenvalue weighted by atomic mass is 16.6. The van der Waals surface area contributed by atoms with Crippen LogP contribution in [-0.4, -0.2) is 13.2 Å². The maximum atomic E-state index is 4.50. The molecule has 0 aromatic heterocycles. The van der Waals surface area contributed by atoms with E-state index in [0.29, 0.717) is 0 Å². The second-order valence-electron chi connectivity index (χ2n) is 2.23. The lowest BCUT2D eigenvalue weighted by atomic mass is 10.2. The zero-order chi connectivity index (χ0) is 7.94. The Morgan fingerprint density at radius 3 is 1.92 bits per heavy atom. The smallest absolute Gasteiger partial charge is 0.0701 e. The summed E-state index contributed by atoms with van der Waals surface area (Å²) in [6.07, 6.45) is 1.83. The molecule has 1 aliphatic rings. The molecule has 66 valence electrons. The quantitative estimate of drug-likeness (QED) is 0.650. The van der Waals surface area contributed by atoms with Crippen molar-refractivity contribution in [1.82, 2.24) is 6.15 Å². The first kappa shape index (κ1) is 10.9. The van der Waals surface area contributed by atoms with Gasteiger partial charge < -0.3 is 10.9 Å². The van der Waals surface area contributed by atoms with Gasteiger partial charge in [0.25, 0.3) is 0 Å². The summed E-state index contributed by atoms with van der Waals surface area (Å²) in [5.41, 5.74) is 1.17. The standard InChI is InChI=1S/C8H8.C2H4O.H3N/c1-2-8-6-4-3-5-7-8;1-2-3-1;/h2-7H,1H2;1-2H2;1H3. The third kappa shape index (κ3) is 5.65. The van der Waals surface area contributed by atoms with Crippen molar-refractivity contribution in [3.63, 3.8) is 0 Å². The first-order chi connectivity index (χ1) is 5.43. The molecule has 1 fully saturated rings. The van der Waals surface area contributed by atoms with Crippen LogP contribution in [0.3, 0.4) is 0 Å². The van der Waals surface area contributed by atoms with Crippen LogP contribution >= 0.6 is 0 Å². The van der Waals surface area contributed by atoms with E-state index >= 15 is 0 Å². The average Bonchev–Trinajstić information content (AvgIpc) is 2.92. The Labute approximate surface area is 73.5 Å². The molecule has 12 heavy (non-hydrogen) atoms. The Kier molecular flexibility index (Phi) is 5.97. The Morgan fingerprint density at radius 1 is 1.17 bits per heavy atom. The molecule has 1 aromatic rings. The zero-order valence-electron chi connectivity index (χ0n) is 7.20. The molecule has 0 unspecified atom stereocenters. The lowest BCUT2D eigenvalue weighted by Crippen LogP contribution is -1.63. The van der Waals surface area contributed by atoms with Gasteiger partial charge >= 0.3 is 0 Å². The Morgan fingerprint density at radius 2 is 1.67 bits per heavy atom. The second kappa shape index (κ2) is 6.58. The lowest BCUT2D eigenvalue weighted by molar-refractivity contribution is 0.475. The maximum absolute atomic E-state index is 4.50. The van der Waals surface area contributed by atoms with Crippen LogP contribution in [0.4, 0.5) is 0 Å². The van der Waals surface area contributed by atoms with Crippen LogP contribution in [0.25, 0.3) is 6.08 Å². The molecule has 1 aliphatic heterocycles. The molecule has 0 spiro atoms. The van der Waals surface area contributed by atoms with Gasteiger partial charge in [-0.05, 0) is 5.56 Å². The van der Waals surface area contributed by atoms with Gasteiger partial charge in [0.05, 0.1) is 13.2 Å².